The van der Waals surface area contributed by atoms with Crippen LogP contribution in [0, 0.1) is 0 Å². The minimum atomic E-state index is -0.774. The highest BCUT2D eigenvalue weighted by Crippen LogP contribution is 2.15. The van der Waals surface area contributed by atoms with Crippen molar-refractivity contribution in [3.63, 3.8) is 0 Å². The van der Waals surface area contributed by atoms with E-state index in [9.17, 15) is 14.4 Å². The van der Waals surface area contributed by atoms with E-state index in [0.717, 1.165) is 83.5 Å². The van der Waals surface area contributed by atoms with Crippen LogP contribution in [0.1, 0.15) is 284 Å². The van der Waals surface area contributed by atoms with E-state index in [1.54, 1.807) is 0 Å². The lowest BCUT2D eigenvalue weighted by atomic mass is 10.1. The summed E-state index contributed by atoms with van der Waals surface area (Å²) in [5.41, 5.74) is 0. The number of rotatable bonds is 51. The Morgan fingerprint density at radius 1 is 0.318 bits per heavy atom. The van der Waals surface area contributed by atoms with Crippen LogP contribution < -0.4 is 0 Å². The minimum Gasteiger partial charge on any atom is -0.462 e. The molecular weight excluding hydrogens is 817 g/mol. The molecule has 0 bridgehead atoms. The third kappa shape index (κ3) is 52.1. The second-order valence-corrected chi connectivity index (χ2v) is 18.8. The molecular formula is C60H106O6. The lowest BCUT2D eigenvalue weighted by Gasteiger charge is -2.18. The average Bonchev–Trinajstić information content (AvgIpc) is 3.31. The summed E-state index contributed by atoms with van der Waals surface area (Å²) in [5.74, 6) is -0.879. The van der Waals surface area contributed by atoms with Crippen molar-refractivity contribution in [3.8, 4) is 0 Å². The zero-order chi connectivity index (χ0) is 47.9. The fourth-order valence-electron chi connectivity index (χ4n) is 8.02. The Labute approximate surface area is 409 Å². The molecule has 0 spiro atoms. The number of carbonyl (C=O) groups is 3. The minimum absolute atomic E-state index is 0.0750. The number of ether oxygens (including phenoxy) is 3. The van der Waals surface area contributed by atoms with Gasteiger partial charge in [0.2, 0.25) is 0 Å². The normalized spacial score (nSPS) is 12.5. The number of esters is 3. The van der Waals surface area contributed by atoms with Gasteiger partial charge in [-0.3, -0.25) is 14.4 Å². The molecule has 6 nitrogen and oxygen atoms in total. The van der Waals surface area contributed by atoms with Crippen molar-refractivity contribution in [2.45, 2.75) is 290 Å². The van der Waals surface area contributed by atoms with Crippen LogP contribution in [-0.4, -0.2) is 37.2 Å². The molecule has 0 saturated carbocycles. The van der Waals surface area contributed by atoms with E-state index in [2.05, 4.69) is 81.5 Å². The lowest BCUT2D eigenvalue weighted by molar-refractivity contribution is -0.167. The molecule has 6 heteroatoms. The Morgan fingerprint density at radius 2 is 0.591 bits per heavy atom. The van der Waals surface area contributed by atoms with Crippen LogP contribution in [0.2, 0.25) is 0 Å². The number of hydrogen-bond acceptors (Lipinski definition) is 6. The van der Waals surface area contributed by atoms with E-state index in [0.29, 0.717) is 19.3 Å². The summed E-state index contributed by atoms with van der Waals surface area (Å²) >= 11 is 0. The van der Waals surface area contributed by atoms with Crippen molar-refractivity contribution >= 4 is 17.9 Å². The molecule has 0 radical (unpaired) electrons. The Bertz CT molecular complexity index is 1200. The summed E-state index contributed by atoms with van der Waals surface area (Å²) in [5, 5.41) is 0. The number of allylic oxidation sites excluding steroid dienone is 10. The van der Waals surface area contributed by atoms with Crippen molar-refractivity contribution in [2.75, 3.05) is 13.2 Å². The van der Waals surface area contributed by atoms with Gasteiger partial charge in [0, 0.05) is 19.3 Å². The van der Waals surface area contributed by atoms with Gasteiger partial charge < -0.3 is 14.2 Å². The standard InChI is InChI=1S/C60H106O6/c1-4-7-10-13-16-19-21-23-25-27-28-29-30-31-32-34-35-37-39-41-44-47-50-53-59(62)65-56-57(55-64-58(61)52-49-46-43-18-15-12-9-6-3)66-60(63)54-51-48-45-42-40-38-36-33-26-24-22-20-17-14-11-8-5-2/h7,10,16,19,23-26,28-29,57H,4-6,8-9,11-15,17-18,20-22,27,30-56H2,1-3H3/b10-7-,19-16-,25-23-,26-24-,29-28-. The fraction of sp³-hybridized carbons (Fsp3) is 0.783. The molecule has 0 aliphatic carbocycles. The Balaban J connectivity index is 4.22. The van der Waals surface area contributed by atoms with Crippen molar-refractivity contribution in [3.05, 3.63) is 60.8 Å². The van der Waals surface area contributed by atoms with Gasteiger partial charge in [-0.2, -0.15) is 0 Å². The van der Waals surface area contributed by atoms with Gasteiger partial charge >= 0.3 is 17.9 Å². The fourth-order valence-corrected chi connectivity index (χ4v) is 8.02. The summed E-state index contributed by atoms with van der Waals surface area (Å²) in [6, 6.07) is 0. The van der Waals surface area contributed by atoms with Crippen molar-refractivity contribution < 1.29 is 28.6 Å². The molecule has 0 aromatic heterocycles. The van der Waals surface area contributed by atoms with E-state index in [4.69, 9.17) is 14.2 Å². The third-order valence-corrected chi connectivity index (χ3v) is 12.3. The van der Waals surface area contributed by atoms with Crippen LogP contribution in [0.3, 0.4) is 0 Å². The monoisotopic (exact) mass is 923 g/mol. The van der Waals surface area contributed by atoms with E-state index in [1.165, 1.54) is 161 Å². The van der Waals surface area contributed by atoms with E-state index in [-0.39, 0.29) is 31.1 Å². The highest BCUT2D eigenvalue weighted by atomic mass is 16.6. The van der Waals surface area contributed by atoms with Gasteiger partial charge in [-0.15, -0.1) is 0 Å². The first kappa shape index (κ1) is 63.1. The summed E-state index contributed by atoms with van der Waals surface area (Å²) < 4.78 is 16.8. The summed E-state index contributed by atoms with van der Waals surface area (Å²) in [4.78, 5) is 38.0. The summed E-state index contributed by atoms with van der Waals surface area (Å²) in [6.07, 6.45) is 67.9. The quantitative estimate of drug-likeness (QED) is 0.0262. The van der Waals surface area contributed by atoms with Crippen LogP contribution in [0.4, 0.5) is 0 Å². The topological polar surface area (TPSA) is 78.9 Å². The molecule has 0 aromatic carbocycles. The second kappa shape index (κ2) is 54.7. The van der Waals surface area contributed by atoms with E-state index < -0.39 is 6.10 Å². The molecule has 1 unspecified atom stereocenters. The second-order valence-electron chi connectivity index (χ2n) is 18.8. The predicted molar refractivity (Wildman–Crippen MR) is 284 cm³/mol. The maximum Gasteiger partial charge on any atom is 0.306 e. The van der Waals surface area contributed by atoms with Gasteiger partial charge in [0.1, 0.15) is 13.2 Å². The maximum absolute atomic E-state index is 12.8. The third-order valence-electron chi connectivity index (χ3n) is 12.3. The van der Waals surface area contributed by atoms with Gasteiger partial charge in [-0.25, -0.2) is 0 Å². The number of carbonyl (C=O) groups excluding carboxylic acids is 3. The van der Waals surface area contributed by atoms with Gasteiger partial charge in [0.15, 0.2) is 6.10 Å². The molecule has 0 aromatic rings. The van der Waals surface area contributed by atoms with Gasteiger partial charge in [0.25, 0.3) is 0 Å². The molecule has 0 saturated heterocycles. The predicted octanol–water partition coefficient (Wildman–Crippen LogP) is 18.8. The van der Waals surface area contributed by atoms with Crippen molar-refractivity contribution in [1.82, 2.24) is 0 Å². The van der Waals surface area contributed by atoms with Crippen molar-refractivity contribution in [2.24, 2.45) is 0 Å². The van der Waals surface area contributed by atoms with Crippen LogP contribution in [0.15, 0.2) is 60.8 Å². The number of hydrogen-bond donors (Lipinski definition) is 0. The molecule has 0 aliphatic rings. The molecule has 0 aliphatic heterocycles. The molecule has 0 amide bonds. The lowest BCUT2D eigenvalue weighted by Crippen LogP contribution is -2.30. The average molecular weight is 924 g/mol. The molecule has 0 heterocycles. The first-order valence-corrected chi connectivity index (χ1v) is 28.3. The van der Waals surface area contributed by atoms with Crippen molar-refractivity contribution in [1.29, 1.82) is 0 Å². The number of unbranched alkanes of at least 4 members (excludes halogenated alkanes) is 30. The Kier molecular flexibility index (Phi) is 52.3. The Hall–Kier alpha value is -2.89. The Morgan fingerprint density at radius 3 is 0.939 bits per heavy atom. The smallest absolute Gasteiger partial charge is 0.306 e. The molecule has 1 atom stereocenters. The molecule has 0 rings (SSSR count). The van der Waals surface area contributed by atoms with Gasteiger partial charge in [0.05, 0.1) is 0 Å². The molecule has 382 valence electrons. The molecule has 66 heavy (non-hydrogen) atoms. The van der Waals surface area contributed by atoms with Crippen LogP contribution in [-0.2, 0) is 28.6 Å². The largest absolute Gasteiger partial charge is 0.462 e. The van der Waals surface area contributed by atoms with E-state index in [1.807, 2.05) is 0 Å². The van der Waals surface area contributed by atoms with Gasteiger partial charge in [-0.1, -0.05) is 242 Å². The van der Waals surface area contributed by atoms with Gasteiger partial charge in [-0.05, 0) is 83.5 Å². The maximum atomic E-state index is 12.8. The highest BCUT2D eigenvalue weighted by Gasteiger charge is 2.19. The van der Waals surface area contributed by atoms with E-state index >= 15 is 0 Å². The first-order valence-electron chi connectivity index (χ1n) is 28.3. The summed E-state index contributed by atoms with van der Waals surface area (Å²) in [7, 11) is 0. The zero-order valence-electron chi connectivity index (χ0n) is 43.7. The summed E-state index contributed by atoms with van der Waals surface area (Å²) in [6.45, 7) is 6.51. The van der Waals surface area contributed by atoms with Crippen LogP contribution in [0.25, 0.3) is 0 Å². The van der Waals surface area contributed by atoms with Crippen LogP contribution >= 0.6 is 0 Å². The zero-order valence-corrected chi connectivity index (χ0v) is 43.7. The first-order chi connectivity index (χ1) is 32.5. The SMILES string of the molecule is CC/C=C\C/C=C\C/C=C\C/C=C\CCCCCCCCCCCCC(=O)OCC(COC(=O)CCCCCCCCCC)OC(=O)CCCCCCCCC/C=C\CCCCCCCC. The molecule has 0 fully saturated rings. The van der Waals surface area contributed by atoms with Crippen LogP contribution in [0.5, 0.6) is 0 Å². The molecule has 0 N–H and O–H groups in total. The highest BCUT2D eigenvalue weighted by molar-refractivity contribution is 5.71.